The van der Waals surface area contributed by atoms with Crippen LogP contribution in [0.4, 0.5) is 0 Å². The molecule has 3 unspecified atom stereocenters. The number of benzene rings is 4. The van der Waals surface area contributed by atoms with Crippen LogP contribution in [0.5, 0.6) is 0 Å². The Balaban J connectivity index is 1.53. The van der Waals surface area contributed by atoms with Gasteiger partial charge >= 0.3 is 0 Å². The minimum Gasteiger partial charge on any atom is -0.347 e. The van der Waals surface area contributed by atoms with Crippen molar-refractivity contribution in [2.24, 2.45) is 13.0 Å². The Morgan fingerprint density at radius 3 is 1.89 bits per heavy atom. The third-order valence-corrected chi connectivity index (χ3v) is 7.98. The van der Waals surface area contributed by atoms with Gasteiger partial charge in [-0.25, -0.2) is 0 Å². The monoisotopic (exact) mass is 449 g/mol. The highest BCUT2D eigenvalue weighted by atomic mass is 15.0. The van der Waals surface area contributed by atoms with Crippen LogP contribution < -0.4 is 0 Å². The number of rotatable bonds is 3. The largest absolute Gasteiger partial charge is 0.347 e. The summed E-state index contributed by atoms with van der Waals surface area (Å²) in [5.74, 6) is 1.05. The van der Waals surface area contributed by atoms with Gasteiger partial charge in [0.1, 0.15) is 0 Å². The predicted octanol–water partition coefficient (Wildman–Crippen LogP) is 8.10. The SMILES string of the molecule is Cn1c2c(c3ccccc31)C(c1ccccc1)C1C(=C(c3ccccc3)c3ccccc3)C=CC21. The summed E-state index contributed by atoms with van der Waals surface area (Å²) >= 11 is 0. The lowest BCUT2D eigenvalue weighted by molar-refractivity contribution is 0.562. The molecule has 35 heavy (non-hydrogen) atoms. The van der Waals surface area contributed by atoms with Crippen LogP contribution in [0.15, 0.2) is 133 Å². The summed E-state index contributed by atoms with van der Waals surface area (Å²) in [6.45, 7) is 0. The summed E-state index contributed by atoms with van der Waals surface area (Å²) in [6.07, 6.45) is 4.88. The van der Waals surface area contributed by atoms with Gasteiger partial charge in [-0.15, -0.1) is 0 Å². The summed E-state index contributed by atoms with van der Waals surface area (Å²) in [4.78, 5) is 0. The van der Waals surface area contributed by atoms with Gasteiger partial charge in [-0.1, -0.05) is 121 Å². The average molecular weight is 450 g/mol. The average Bonchev–Trinajstić information content (AvgIpc) is 3.57. The second kappa shape index (κ2) is 7.99. The predicted molar refractivity (Wildman–Crippen MR) is 145 cm³/mol. The third-order valence-electron chi connectivity index (χ3n) is 7.98. The van der Waals surface area contributed by atoms with Crippen LogP contribution in [0.25, 0.3) is 16.5 Å². The number of hydrogen-bond donors (Lipinski definition) is 0. The van der Waals surface area contributed by atoms with E-state index in [0.29, 0.717) is 17.8 Å². The molecule has 4 aromatic carbocycles. The number of aromatic nitrogens is 1. The van der Waals surface area contributed by atoms with E-state index in [1.807, 2.05) is 0 Å². The Kier molecular flexibility index (Phi) is 4.63. The quantitative estimate of drug-likeness (QED) is 0.262. The minimum atomic E-state index is 0.315. The molecule has 0 bridgehead atoms. The molecule has 0 aliphatic heterocycles. The fourth-order valence-corrected chi connectivity index (χ4v) is 6.63. The van der Waals surface area contributed by atoms with Gasteiger partial charge in [0.15, 0.2) is 0 Å². The van der Waals surface area contributed by atoms with Gasteiger partial charge in [0.05, 0.1) is 0 Å². The Morgan fingerprint density at radius 2 is 1.23 bits per heavy atom. The Labute approximate surface area is 206 Å². The van der Waals surface area contributed by atoms with E-state index in [2.05, 4.69) is 139 Å². The van der Waals surface area contributed by atoms with Crippen LogP contribution in [-0.4, -0.2) is 4.57 Å². The zero-order valence-electron chi connectivity index (χ0n) is 19.8. The summed E-state index contributed by atoms with van der Waals surface area (Å²) in [5, 5.41) is 1.39. The Morgan fingerprint density at radius 1 is 0.657 bits per heavy atom. The molecule has 3 atom stereocenters. The first-order chi connectivity index (χ1) is 17.3. The molecule has 7 rings (SSSR count). The zero-order valence-corrected chi connectivity index (χ0v) is 19.8. The van der Waals surface area contributed by atoms with E-state index in [-0.39, 0.29) is 0 Å². The number of allylic oxidation sites excluding steroid dienone is 3. The van der Waals surface area contributed by atoms with Gasteiger partial charge in [0, 0.05) is 41.4 Å². The molecular weight excluding hydrogens is 422 g/mol. The van der Waals surface area contributed by atoms with E-state index < -0.39 is 0 Å². The summed E-state index contributed by atoms with van der Waals surface area (Å²) < 4.78 is 2.45. The van der Waals surface area contributed by atoms with E-state index in [4.69, 9.17) is 0 Å². The highest BCUT2D eigenvalue weighted by Crippen LogP contribution is 2.60. The molecule has 2 aliphatic rings. The molecule has 0 amide bonds. The zero-order chi connectivity index (χ0) is 23.4. The van der Waals surface area contributed by atoms with Gasteiger partial charge in [-0.05, 0) is 39.5 Å². The van der Waals surface area contributed by atoms with E-state index in [1.54, 1.807) is 0 Å². The Hall–Kier alpha value is -4.10. The first kappa shape index (κ1) is 20.3. The van der Waals surface area contributed by atoms with Crippen molar-refractivity contribution in [3.05, 3.63) is 161 Å². The highest BCUT2D eigenvalue weighted by molar-refractivity contribution is 5.91. The molecular formula is C34H27N. The Bertz CT molecular complexity index is 1550. The molecule has 0 saturated carbocycles. The standard InChI is InChI=1S/C34H27N/c1-35-29-20-12-11-19-26(29)33-31(25-17-9-4-10-18-25)32-27(21-22-28(32)34(33)35)30(23-13-5-2-6-14-23)24-15-7-3-8-16-24/h2-22,28,31-32H,1H3. The summed E-state index contributed by atoms with van der Waals surface area (Å²) in [7, 11) is 2.25. The molecule has 5 aromatic rings. The molecule has 1 heterocycles. The molecule has 0 saturated heterocycles. The fourth-order valence-electron chi connectivity index (χ4n) is 6.63. The number of nitrogens with zero attached hydrogens (tertiary/aromatic N) is 1. The third kappa shape index (κ3) is 3.01. The van der Waals surface area contributed by atoms with Crippen LogP contribution in [0.1, 0.15) is 39.8 Å². The molecule has 0 N–H and O–H groups in total. The number of fused-ring (bicyclic) bond motifs is 5. The van der Waals surface area contributed by atoms with E-state index in [1.165, 1.54) is 50.0 Å². The number of para-hydroxylation sites is 1. The van der Waals surface area contributed by atoms with Crippen molar-refractivity contribution in [2.75, 3.05) is 0 Å². The van der Waals surface area contributed by atoms with Crippen LogP contribution in [0.2, 0.25) is 0 Å². The second-order valence-corrected chi connectivity index (χ2v) is 9.74. The number of aryl methyl sites for hydroxylation is 1. The maximum absolute atomic E-state index is 2.46. The molecule has 168 valence electrons. The minimum absolute atomic E-state index is 0.315. The van der Waals surface area contributed by atoms with E-state index in [9.17, 15) is 0 Å². The van der Waals surface area contributed by atoms with Crippen molar-refractivity contribution in [1.82, 2.24) is 4.57 Å². The summed E-state index contributed by atoms with van der Waals surface area (Å²) in [6, 6.07) is 41.9. The first-order valence-electron chi connectivity index (χ1n) is 12.5. The molecule has 1 heteroatoms. The maximum atomic E-state index is 2.46. The molecule has 1 aromatic heterocycles. The second-order valence-electron chi connectivity index (χ2n) is 9.74. The van der Waals surface area contributed by atoms with Gasteiger partial charge < -0.3 is 4.57 Å². The van der Waals surface area contributed by atoms with Crippen molar-refractivity contribution in [1.29, 1.82) is 0 Å². The van der Waals surface area contributed by atoms with Crippen molar-refractivity contribution < 1.29 is 0 Å². The van der Waals surface area contributed by atoms with Gasteiger partial charge in [-0.3, -0.25) is 0 Å². The molecule has 0 spiro atoms. The fraction of sp³-hybridized carbons (Fsp3) is 0.118. The van der Waals surface area contributed by atoms with Gasteiger partial charge in [-0.2, -0.15) is 0 Å². The molecule has 0 radical (unpaired) electrons. The lowest BCUT2D eigenvalue weighted by atomic mass is 9.77. The lowest BCUT2D eigenvalue weighted by Gasteiger charge is -2.26. The van der Waals surface area contributed by atoms with Gasteiger partial charge in [0.25, 0.3) is 0 Å². The lowest BCUT2D eigenvalue weighted by Crippen LogP contribution is -2.14. The topological polar surface area (TPSA) is 4.93 Å². The molecule has 1 nitrogen and oxygen atoms in total. The van der Waals surface area contributed by atoms with Crippen LogP contribution in [0.3, 0.4) is 0 Å². The van der Waals surface area contributed by atoms with Crippen molar-refractivity contribution >= 4 is 16.5 Å². The van der Waals surface area contributed by atoms with Crippen LogP contribution >= 0.6 is 0 Å². The smallest absolute Gasteiger partial charge is 0.0483 e. The molecule has 0 fully saturated rings. The van der Waals surface area contributed by atoms with Crippen LogP contribution in [-0.2, 0) is 7.05 Å². The highest BCUT2D eigenvalue weighted by Gasteiger charge is 2.48. The van der Waals surface area contributed by atoms with E-state index >= 15 is 0 Å². The van der Waals surface area contributed by atoms with Crippen molar-refractivity contribution in [2.45, 2.75) is 11.8 Å². The summed E-state index contributed by atoms with van der Waals surface area (Å²) in [5.41, 5.74) is 11.1. The van der Waals surface area contributed by atoms with Crippen molar-refractivity contribution in [3.8, 4) is 0 Å². The molecule has 2 aliphatic carbocycles. The first-order valence-corrected chi connectivity index (χ1v) is 12.5. The van der Waals surface area contributed by atoms with Gasteiger partial charge in [0.2, 0.25) is 0 Å². The normalized spacial score (nSPS) is 20.3. The van der Waals surface area contributed by atoms with Crippen LogP contribution in [0, 0.1) is 5.92 Å². The van der Waals surface area contributed by atoms with E-state index in [0.717, 1.165) is 0 Å². The number of hydrogen-bond acceptors (Lipinski definition) is 0. The maximum Gasteiger partial charge on any atom is 0.0483 e. The van der Waals surface area contributed by atoms with Crippen molar-refractivity contribution in [3.63, 3.8) is 0 Å².